The third kappa shape index (κ3) is 1.93. The molecule has 4 heteroatoms. The molecule has 62 valence electrons. The Kier molecular flexibility index (Phi) is 2.12. The van der Waals surface area contributed by atoms with Crippen molar-refractivity contribution in [2.45, 2.75) is 25.8 Å². The molecule has 2 atom stereocenters. The molecule has 1 amide bonds. The maximum atomic E-state index is 10.8. The molecule has 0 spiro atoms. The van der Waals surface area contributed by atoms with Crippen LogP contribution in [0.2, 0.25) is 0 Å². The van der Waals surface area contributed by atoms with Crippen LogP contribution >= 0.6 is 0 Å². The lowest BCUT2D eigenvalue weighted by molar-refractivity contribution is -0.144. The van der Waals surface area contributed by atoms with Crippen molar-refractivity contribution in [3.05, 3.63) is 0 Å². The van der Waals surface area contributed by atoms with Gasteiger partial charge in [0.05, 0.1) is 0 Å². The molecular weight excluding hydrogens is 146 g/mol. The molecule has 0 aromatic rings. The molecule has 0 unspecified atom stereocenters. The Morgan fingerprint density at radius 2 is 2.36 bits per heavy atom. The maximum Gasteiger partial charge on any atom is 0.326 e. The molecule has 1 fully saturated rings. The lowest BCUT2D eigenvalue weighted by atomic mass is 9.94. The molecule has 0 radical (unpaired) electrons. The summed E-state index contributed by atoms with van der Waals surface area (Å²) >= 11 is 0. The summed E-state index contributed by atoms with van der Waals surface area (Å²) in [6.07, 6.45) is 0.991. The van der Waals surface area contributed by atoms with Crippen molar-refractivity contribution in [3.8, 4) is 0 Å². The van der Waals surface area contributed by atoms with Gasteiger partial charge in [0, 0.05) is 6.42 Å². The number of rotatable bonds is 1. The van der Waals surface area contributed by atoms with E-state index in [1.54, 1.807) is 0 Å². The molecule has 1 rings (SSSR count). The molecule has 4 nitrogen and oxygen atoms in total. The van der Waals surface area contributed by atoms with Crippen molar-refractivity contribution in [3.63, 3.8) is 0 Å². The minimum absolute atomic E-state index is 0.156. The van der Waals surface area contributed by atoms with E-state index in [4.69, 9.17) is 5.11 Å². The van der Waals surface area contributed by atoms with Gasteiger partial charge >= 0.3 is 5.97 Å². The van der Waals surface area contributed by atoms with Crippen molar-refractivity contribution in [2.75, 3.05) is 0 Å². The van der Waals surface area contributed by atoms with E-state index < -0.39 is 12.0 Å². The predicted octanol–water partition coefficient (Wildman–Crippen LogP) is -0.0143. The van der Waals surface area contributed by atoms with Gasteiger partial charge in [0.15, 0.2) is 0 Å². The molecule has 2 N–H and O–H groups in total. The second-order valence-corrected chi connectivity index (χ2v) is 3.00. The van der Waals surface area contributed by atoms with Crippen molar-refractivity contribution in [2.24, 2.45) is 5.92 Å². The fraction of sp³-hybridized carbons (Fsp3) is 0.714. The van der Waals surface area contributed by atoms with E-state index in [1.165, 1.54) is 0 Å². The Morgan fingerprint density at radius 1 is 1.73 bits per heavy atom. The van der Waals surface area contributed by atoms with Crippen LogP contribution in [-0.4, -0.2) is 23.0 Å². The summed E-state index contributed by atoms with van der Waals surface area (Å²) in [5.41, 5.74) is 0. The van der Waals surface area contributed by atoms with Crippen molar-refractivity contribution in [1.82, 2.24) is 5.32 Å². The number of carbonyl (C=O) groups excluding carboxylic acids is 1. The Hall–Kier alpha value is -1.06. The zero-order valence-corrected chi connectivity index (χ0v) is 6.33. The number of carbonyl (C=O) groups is 2. The molecule has 0 aromatic heterocycles. The summed E-state index contributed by atoms with van der Waals surface area (Å²) < 4.78 is 0. The van der Waals surface area contributed by atoms with Crippen LogP contribution < -0.4 is 5.32 Å². The number of piperidine rings is 1. The van der Waals surface area contributed by atoms with Gasteiger partial charge in [-0.05, 0) is 12.3 Å². The monoisotopic (exact) mass is 157 g/mol. The fourth-order valence-corrected chi connectivity index (χ4v) is 1.28. The quantitative estimate of drug-likeness (QED) is 0.562. The number of carboxylic acid groups (broad SMARTS) is 1. The van der Waals surface area contributed by atoms with Crippen LogP contribution in [0.4, 0.5) is 0 Å². The predicted molar refractivity (Wildman–Crippen MR) is 38.0 cm³/mol. The van der Waals surface area contributed by atoms with Gasteiger partial charge in [-0.2, -0.15) is 0 Å². The standard InChI is InChI=1S/C7H11NO3/c1-4-2-5(7(10)11)8-6(9)3-4/h4-5H,2-3H2,1H3,(H,8,9)(H,10,11)/t4-,5+/m0/s1. The van der Waals surface area contributed by atoms with E-state index in [0.29, 0.717) is 12.8 Å². The third-order valence-electron chi connectivity index (χ3n) is 1.81. The number of carboxylic acids is 1. The van der Waals surface area contributed by atoms with Gasteiger partial charge in [-0.1, -0.05) is 6.92 Å². The average molecular weight is 157 g/mol. The minimum Gasteiger partial charge on any atom is -0.480 e. The number of nitrogens with one attached hydrogen (secondary N) is 1. The first-order chi connectivity index (χ1) is 5.09. The normalized spacial score (nSPS) is 31.2. The molecule has 11 heavy (non-hydrogen) atoms. The highest BCUT2D eigenvalue weighted by molar-refractivity contribution is 5.84. The summed E-state index contributed by atoms with van der Waals surface area (Å²) in [6, 6.07) is -0.675. The van der Waals surface area contributed by atoms with Crippen LogP contribution in [0, 0.1) is 5.92 Å². The lowest BCUT2D eigenvalue weighted by Gasteiger charge is -2.24. The zero-order chi connectivity index (χ0) is 8.43. The number of hydrogen-bond donors (Lipinski definition) is 2. The van der Waals surface area contributed by atoms with Crippen molar-refractivity contribution >= 4 is 11.9 Å². The minimum atomic E-state index is -0.940. The van der Waals surface area contributed by atoms with Gasteiger partial charge in [-0.15, -0.1) is 0 Å². The highest BCUT2D eigenvalue weighted by Crippen LogP contribution is 2.15. The lowest BCUT2D eigenvalue weighted by Crippen LogP contribution is -2.46. The Balaban J connectivity index is 2.56. The highest BCUT2D eigenvalue weighted by Gasteiger charge is 2.28. The molecule has 1 aliphatic heterocycles. The second kappa shape index (κ2) is 2.90. The number of hydrogen-bond acceptors (Lipinski definition) is 2. The Labute approximate surface area is 64.6 Å². The van der Waals surface area contributed by atoms with Gasteiger partial charge in [0.2, 0.25) is 5.91 Å². The third-order valence-corrected chi connectivity index (χ3v) is 1.81. The van der Waals surface area contributed by atoms with Gasteiger partial charge < -0.3 is 10.4 Å². The van der Waals surface area contributed by atoms with E-state index in [0.717, 1.165) is 0 Å². The molecule has 0 saturated carbocycles. The summed E-state index contributed by atoms with van der Waals surface area (Å²) in [4.78, 5) is 21.2. The summed E-state index contributed by atoms with van der Waals surface area (Å²) in [7, 11) is 0. The molecule has 0 aliphatic carbocycles. The highest BCUT2D eigenvalue weighted by atomic mass is 16.4. The molecule has 1 heterocycles. The average Bonchev–Trinajstić information content (AvgIpc) is 1.85. The molecule has 0 bridgehead atoms. The van der Waals surface area contributed by atoms with Gasteiger partial charge in [-0.3, -0.25) is 4.79 Å². The van der Waals surface area contributed by atoms with Gasteiger partial charge in [0.25, 0.3) is 0 Å². The Morgan fingerprint density at radius 3 is 2.82 bits per heavy atom. The Bertz CT molecular complexity index is 190. The topological polar surface area (TPSA) is 66.4 Å². The van der Waals surface area contributed by atoms with E-state index in [2.05, 4.69) is 5.32 Å². The van der Waals surface area contributed by atoms with E-state index in [-0.39, 0.29) is 11.8 Å². The van der Waals surface area contributed by atoms with Crippen molar-refractivity contribution in [1.29, 1.82) is 0 Å². The van der Waals surface area contributed by atoms with E-state index in [1.807, 2.05) is 6.92 Å². The zero-order valence-electron chi connectivity index (χ0n) is 6.33. The smallest absolute Gasteiger partial charge is 0.326 e. The van der Waals surface area contributed by atoms with Crippen molar-refractivity contribution < 1.29 is 14.7 Å². The summed E-state index contributed by atoms with van der Waals surface area (Å²) in [5, 5.41) is 11.0. The van der Waals surface area contributed by atoms with Crippen LogP contribution in [-0.2, 0) is 9.59 Å². The molecule has 1 aliphatic rings. The summed E-state index contributed by atoms with van der Waals surface area (Å²) in [5.74, 6) is -0.911. The van der Waals surface area contributed by atoms with Crippen LogP contribution in [0.5, 0.6) is 0 Å². The molecule has 1 saturated heterocycles. The van der Waals surface area contributed by atoms with Crippen LogP contribution in [0.1, 0.15) is 19.8 Å². The second-order valence-electron chi connectivity index (χ2n) is 3.00. The van der Waals surface area contributed by atoms with Crippen LogP contribution in [0.3, 0.4) is 0 Å². The first-order valence-electron chi connectivity index (χ1n) is 3.61. The first-order valence-corrected chi connectivity index (χ1v) is 3.61. The molecular formula is C7H11NO3. The first kappa shape index (κ1) is 8.04. The van der Waals surface area contributed by atoms with Gasteiger partial charge in [-0.25, -0.2) is 4.79 Å². The number of aliphatic carboxylic acids is 1. The van der Waals surface area contributed by atoms with E-state index >= 15 is 0 Å². The maximum absolute atomic E-state index is 10.8. The van der Waals surface area contributed by atoms with Crippen LogP contribution in [0.15, 0.2) is 0 Å². The summed E-state index contributed by atoms with van der Waals surface area (Å²) in [6.45, 7) is 1.88. The number of amides is 1. The fourth-order valence-electron chi connectivity index (χ4n) is 1.28. The van der Waals surface area contributed by atoms with Gasteiger partial charge in [0.1, 0.15) is 6.04 Å². The SMILES string of the molecule is C[C@@H]1CC(=O)N[C@@H](C(=O)O)C1. The van der Waals surface area contributed by atoms with Crippen LogP contribution in [0.25, 0.3) is 0 Å². The largest absolute Gasteiger partial charge is 0.480 e. The molecule has 0 aromatic carbocycles. The van der Waals surface area contributed by atoms with E-state index in [9.17, 15) is 9.59 Å².